The smallest absolute Gasteiger partial charge is 0.413 e. The summed E-state index contributed by atoms with van der Waals surface area (Å²) in [6.45, 7) is 6.87. The molecule has 33 heavy (non-hydrogen) atoms. The molecule has 1 aromatic heterocycles. The highest BCUT2D eigenvalue weighted by atomic mass is 32.2. The van der Waals surface area contributed by atoms with E-state index in [9.17, 15) is 18.0 Å². The van der Waals surface area contributed by atoms with Crippen molar-refractivity contribution in [3.05, 3.63) is 60.2 Å². The van der Waals surface area contributed by atoms with Crippen LogP contribution in [-0.4, -0.2) is 37.3 Å². The summed E-state index contributed by atoms with van der Waals surface area (Å²) in [5, 5.41) is 3.46. The molecule has 0 spiro atoms. The Morgan fingerprint density at radius 3 is 2.36 bits per heavy atom. The minimum Gasteiger partial charge on any atom is -0.444 e. The van der Waals surface area contributed by atoms with Crippen molar-refractivity contribution in [2.45, 2.75) is 44.7 Å². The molecule has 0 atom stereocenters. The minimum absolute atomic E-state index is 0.0861. The van der Waals surface area contributed by atoms with Crippen LogP contribution in [0.25, 0.3) is 10.9 Å². The molecule has 0 saturated heterocycles. The number of pyridine rings is 1. The number of benzene rings is 2. The number of anilines is 2. The summed E-state index contributed by atoms with van der Waals surface area (Å²) >= 11 is 0. The van der Waals surface area contributed by atoms with Gasteiger partial charge in [-0.05, 0) is 56.7 Å². The van der Waals surface area contributed by atoms with Crippen molar-refractivity contribution in [1.29, 1.82) is 0 Å². The van der Waals surface area contributed by atoms with E-state index in [-0.39, 0.29) is 17.3 Å². The maximum absolute atomic E-state index is 12.4. The van der Waals surface area contributed by atoms with Gasteiger partial charge in [0, 0.05) is 18.6 Å². The zero-order valence-corrected chi connectivity index (χ0v) is 20.1. The topological polar surface area (TPSA) is 106 Å². The minimum atomic E-state index is -3.53. The van der Waals surface area contributed by atoms with E-state index in [1.165, 1.54) is 17.9 Å². The van der Waals surface area contributed by atoms with Crippen LogP contribution in [0.4, 0.5) is 16.3 Å². The van der Waals surface area contributed by atoms with Gasteiger partial charge in [0.15, 0.2) is 9.84 Å². The molecule has 3 aromatic rings. The highest BCUT2D eigenvalue weighted by molar-refractivity contribution is 7.90. The highest BCUT2D eigenvalue weighted by Crippen LogP contribution is 2.27. The molecule has 0 fully saturated rings. The molecule has 0 aliphatic heterocycles. The van der Waals surface area contributed by atoms with Gasteiger partial charge in [-0.3, -0.25) is 10.1 Å². The van der Waals surface area contributed by atoms with Gasteiger partial charge < -0.3 is 9.64 Å². The Hall–Kier alpha value is -3.46. The van der Waals surface area contributed by atoms with Gasteiger partial charge >= 0.3 is 6.09 Å². The maximum Gasteiger partial charge on any atom is 0.413 e. The fraction of sp³-hybridized carbons (Fsp3) is 0.292. The van der Waals surface area contributed by atoms with Crippen molar-refractivity contribution in [2.24, 2.45) is 0 Å². The van der Waals surface area contributed by atoms with E-state index in [0.29, 0.717) is 17.0 Å². The molecule has 0 unspecified atom stereocenters. The largest absolute Gasteiger partial charge is 0.444 e. The molecule has 0 saturated carbocycles. The fourth-order valence-electron chi connectivity index (χ4n) is 3.28. The first-order valence-electron chi connectivity index (χ1n) is 10.3. The number of nitrogens with one attached hydrogen (secondary N) is 1. The van der Waals surface area contributed by atoms with Gasteiger partial charge in [-0.2, -0.15) is 0 Å². The number of fused-ring (bicyclic) bond motifs is 1. The Morgan fingerprint density at radius 2 is 1.73 bits per heavy atom. The second-order valence-corrected chi connectivity index (χ2v) is 10.7. The van der Waals surface area contributed by atoms with Gasteiger partial charge in [-0.25, -0.2) is 18.2 Å². The van der Waals surface area contributed by atoms with Crippen LogP contribution in [0.5, 0.6) is 0 Å². The Bertz CT molecular complexity index is 1310. The molecule has 2 aromatic carbocycles. The van der Waals surface area contributed by atoms with E-state index in [1.807, 2.05) is 18.2 Å². The van der Waals surface area contributed by atoms with E-state index in [1.54, 1.807) is 51.1 Å². The number of carbonyl (C=O) groups is 2. The number of aromatic nitrogens is 1. The van der Waals surface area contributed by atoms with Gasteiger partial charge in [-0.15, -0.1) is 0 Å². The third-order valence-corrected chi connectivity index (χ3v) is 5.81. The van der Waals surface area contributed by atoms with Crippen molar-refractivity contribution in [2.75, 3.05) is 16.5 Å². The zero-order chi connectivity index (χ0) is 24.4. The number of nitrogens with zero attached hydrogens (tertiary/aromatic N) is 2. The van der Waals surface area contributed by atoms with E-state index in [2.05, 4.69) is 10.3 Å². The number of carbonyl (C=O) groups excluding carboxylic acids is 2. The average Bonchev–Trinajstić information content (AvgIpc) is 2.69. The molecule has 174 valence electrons. The quantitative estimate of drug-likeness (QED) is 0.588. The summed E-state index contributed by atoms with van der Waals surface area (Å²) in [6.07, 6.45) is 0.508. The van der Waals surface area contributed by atoms with Crippen LogP contribution in [0.3, 0.4) is 0 Å². The fourth-order valence-corrected chi connectivity index (χ4v) is 4.17. The van der Waals surface area contributed by atoms with Crippen molar-refractivity contribution >= 4 is 44.2 Å². The predicted octanol–water partition coefficient (Wildman–Crippen LogP) is 4.54. The molecular formula is C24H27N3O5S. The average molecular weight is 470 g/mol. The monoisotopic (exact) mass is 469 g/mol. The molecule has 0 aliphatic rings. The molecule has 3 rings (SSSR count). The third-order valence-electron chi connectivity index (χ3n) is 4.66. The number of hydrogen-bond acceptors (Lipinski definition) is 6. The summed E-state index contributed by atoms with van der Waals surface area (Å²) in [6, 6.07) is 15.4. The normalized spacial score (nSPS) is 11.8. The first kappa shape index (κ1) is 24.2. The van der Waals surface area contributed by atoms with E-state index in [0.717, 1.165) is 17.2 Å². The van der Waals surface area contributed by atoms with E-state index >= 15 is 0 Å². The summed E-state index contributed by atoms with van der Waals surface area (Å²) < 4.78 is 29.7. The second-order valence-electron chi connectivity index (χ2n) is 8.70. The van der Waals surface area contributed by atoms with Crippen LogP contribution in [0.2, 0.25) is 0 Å². The lowest BCUT2D eigenvalue weighted by molar-refractivity contribution is -0.116. The molecular weight excluding hydrogens is 442 g/mol. The Balaban J connectivity index is 1.92. The second kappa shape index (κ2) is 9.19. The zero-order valence-electron chi connectivity index (χ0n) is 19.2. The van der Waals surface area contributed by atoms with Crippen LogP contribution in [0.15, 0.2) is 59.5 Å². The number of ether oxygens (including phenoxy) is 1. The lowest BCUT2D eigenvalue weighted by atomic mass is 10.1. The van der Waals surface area contributed by atoms with Crippen molar-refractivity contribution in [3.63, 3.8) is 0 Å². The van der Waals surface area contributed by atoms with Crippen LogP contribution in [0.1, 0.15) is 33.3 Å². The lowest BCUT2D eigenvalue weighted by Gasteiger charge is -2.23. The number of hydrogen-bond donors (Lipinski definition) is 1. The van der Waals surface area contributed by atoms with Gasteiger partial charge in [0.05, 0.1) is 22.6 Å². The Morgan fingerprint density at radius 1 is 1.06 bits per heavy atom. The van der Waals surface area contributed by atoms with Gasteiger partial charge in [0.25, 0.3) is 0 Å². The summed E-state index contributed by atoms with van der Waals surface area (Å²) in [7, 11) is -3.53. The number of para-hydroxylation sites is 1. The summed E-state index contributed by atoms with van der Waals surface area (Å²) in [5.74, 6) is 0.0410. The van der Waals surface area contributed by atoms with Gasteiger partial charge in [-0.1, -0.05) is 24.3 Å². The molecule has 1 N–H and O–H groups in total. The van der Waals surface area contributed by atoms with E-state index in [4.69, 9.17) is 4.74 Å². The van der Waals surface area contributed by atoms with Crippen LogP contribution >= 0.6 is 0 Å². The number of amides is 2. The molecule has 0 radical (unpaired) electrons. The Kier molecular flexibility index (Phi) is 6.73. The molecule has 1 heterocycles. The molecule has 8 nitrogen and oxygen atoms in total. The molecule has 0 bridgehead atoms. The van der Waals surface area contributed by atoms with Crippen LogP contribution in [0, 0.1) is 0 Å². The predicted molar refractivity (Wildman–Crippen MR) is 128 cm³/mol. The molecule has 9 heteroatoms. The highest BCUT2D eigenvalue weighted by Gasteiger charge is 2.21. The number of sulfone groups is 1. The van der Waals surface area contributed by atoms with Crippen molar-refractivity contribution in [3.8, 4) is 0 Å². The Labute approximate surface area is 193 Å². The van der Waals surface area contributed by atoms with Gasteiger partial charge in [0.2, 0.25) is 5.91 Å². The molecule has 0 aliphatic carbocycles. The lowest BCUT2D eigenvalue weighted by Crippen LogP contribution is -2.29. The third kappa shape index (κ3) is 6.29. The summed E-state index contributed by atoms with van der Waals surface area (Å²) in [5.41, 5.74) is 1.05. The van der Waals surface area contributed by atoms with Gasteiger partial charge in [0.1, 0.15) is 11.4 Å². The first-order valence-corrected chi connectivity index (χ1v) is 12.2. The van der Waals surface area contributed by atoms with Crippen molar-refractivity contribution in [1.82, 2.24) is 4.98 Å². The van der Waals surface area contributed by atoms with Crippen LogP contribution < -0.4 is 10.2 Å². The van der Waals surface area contributed by atoms with Crippen LogP contribution in [-0.2, 0) is 25.9 Å². The molecule has 2 amide bonds. The maximum atomic E-state index is 12.4. The van der Waals surface area contributed by atoms with E-state index < -0.39 is 21.5 Å². The van der Waals surface area contributed by atoms with Crippen molar-refractivity contribution < 1.29 is 22.7 Å². The SMILES string of the molecule is CC(=O)N(Cc1ccc2ccc(NC(=O)OC(C)(C)C)nc2c1)c1ccccc1S(C)(=O)=O. The number of rotatable bonds is 5. The summed E-state index contributed by atoms with van der Waals surface area (Å²) in [4.78, 5) is 30.5. The standard InChI is InChI=1S/C24H27N3O5S/c1-16(28)27(20-8-6-7-9-21(20)33(5,30)31)15-17-10-11-18-12-13-22(25-19(18)14-17)26-23(29)32-24(2,3)4/h6-14H,15H2,1-5H3,(H,25,26,29). The first-order chi connectivity index (χ1) is 15.3.